The Morgan fingerprint density at radius 1 is 1.30 bits per heavy atom. The Morgan fingerprint density at radius 3 is 2.67 bits per heavy atom. The van der Waals surface area contributed by atoms with E-state index in [0.29, 0.717) is 12.1 Å². The van der Waals surface area contributed by atoms with Crippen molar-refractivity contribution in [2.75, 3.05) is 0 Å². The van der Waals surface area contributed by atoms with E-state index in [1.54, 1.807) is 6.26 Å². The lowest BCUT2D eigenvalue weighted by Crippen LogP contribution is -2.50. The zero-order valence-corrected chi connectivity index (χ0v) is 15.4. The molecule has 2 saturated heterocycles. The summed E-state index contributed by atoms with van der Waals surface area (Å²) in [6, 6.07) is 8.79. The quantitative estimate of drug-likeness (QED) is 0.621. The maximum Gasteiger partial charge on any atom is 0.283 e. The molecule has 3 atom stereocenters. The van der Waals surface area contributed by atoms with E-state index in [1.165, 1.54) is 18.2 Å². The summed E-state index contributed by atoms with van der Waals surface area (Å²) in [5.74, 6) is 0.536. The van der Waals surface area contributed by atoms with Gasteiger partial charge in [-0.1, -0.05) is 11.6 Å². The molecule has 2 aliphatic heterocycles. The fourth-order valence-corrected chi connectivity index (χ4v) is 4.51. The van der Waals surface area contributed by atoms with Gasteiger partial charge in [0, 0.05) is 29.2 Å². The van der Waals surface area contributed by atoms with Crippen molar-refractivity contribution in [1.82, 2.24) is 10.2 Å². The van der Waals surface area contributed by atoms with Crippen LogP contribution in [0.2, 0.25) is 5.02 Å². The number of halogens is 1. The molecule has 2 bridgehead atoms. The van der Waals surface area contributed by atoms with E-state index in [-0.39, 0.29) is 22.3 Å². The first kappa shape index (κ1) is 18.0. The molecular formula is C19H20ClN3O4. The summed E-state index contributed by atoms with van der Waals surface area (Å²) in [7, 11) is 0. The summed E-state index contributed by atoms with van der Waals surface area (Å²) in [6.07, 6.45) is 5.55. The highest BCUT2D eigenvalue weighted by atomic mass is 35.5. The van der Waals surface area contributed by atoms with Gasteiger partial charge in [-0.2, -0.15) is 0 Å². The highest BCUT2D eigenvalue weighted by Gasteiger charge is 2.41. The number of nitro benzene ring substituents is 1. The monoisotopic (exact) mass is 389 g/mol. The second-order valence-electron chi connectivity index (χ2n) is 7.20. The van der Waals surface area contributed by atoms with E-state index in [4.69, 9.17) is 16.0 Å². The molecule has 1 unspecified atom stereocenters. The molecule has 7 nitrogen and oxygen atoms in total. The molecule has 2 aromatic rings. The van der Waals surface area contributed by atoms with Crippen LogP contribution in [0.1, 0.15) is 41.8 Å². The third-order valence-corrected chi connectivity index (χ3v) is 5.77. The zero-order chi connectivity index (χ0) is 19.0. The van der Waals surface area contributed by atoms with Gasteiger partial charge in [-0.25, -0.2) is 0 Å². The number of carbonyl (C=O) groups excluding carboxylic acids is 1. The number of nitrogens with zero attached hydrogens (tertiary/aromatic N) is 2. The SMILES string of the molecule is O=C(NC1C[C@H]2CC[C@@H](C1)N2Cc1ccco1)c1ccc(Cl)cc1[N+](=O)[O-]. The van der Waals surface area contributed by atoms with Crippen LogP contribution in [-0.4, -0.2) is 33.9 Å². The third kappa shape index (κ3) is 3.70. The van der Waals surface area contributed by atoms with Crippen LogP contribution in [0.3, 0.4) is 0 Å². The number of hydrogen-bond acceptors (Lipinski definition) is 5. The first-order valence-corrected chi connectivity index (χ1v) is 9.42. The molecule has 2 aliphatic rings. The zero-order valence-electron chi connectivity index (χ0n) is 14.6. The Hall–Kier alpha value is -2.38. The lowest BCUT2D eigenvalue weighted by molar-refractivity contribution is -0.385. The van der Waals surface area contributed by atoms with Crippen LogP contribution in [0.15, 0.2) is 41.0 Å². The van der Waals surface area contributed by atoms with E-state index in [1.807, 2.05) is 12.1 Å². The van der Waals surface area contributed by atoms with Crippen molar-refractivity contribution in [1.29, 1.82) is 0 Å². The molecule has 3 heterocycles. The lowest BCUT2D eigenvalue weighted by Gasteiger charge is -2.38. The van der Waals surface area contributed by atoms with Crippen LogP contribution < -0.4 is 5.32 Å². The molecule has 8 heteroatoms. The van der Waals surface area contributed by atoms with Crippen molar-refractivity contribution < 1.29 is 14.1 Å². The van der Waals surface area contributed by atoms with E-state index in [9.17, 15) is 14.9 Å². The summed E-state index contributed by atoms with van der Waals surface area (Å²) in [5, 5.41) is 14.5. The minimum atomic E-state index is -0.573. The number of nitro groups is 1. The van der Waals surface area contributed by atoms with Crippen LogP contribution in [0.5, 0.6) is 0 Å². The second kappa shape index (κ2) is 7.32. The van der Waals surface area contributed by atoms with Gasteiger partial charge in [-0.05, 0) is 49.9 Å². The van der Waals surface area contributed by atoms with Crippen LogP contribution in [0.25, 0.3) is 0 Å². The third-order valence-electron chi connectivity index (χ3n) is 5.54. The van der Waals surface area contributed by atoms with Gasteiger partial charge in [0.15, 0.2) is 0 Å². The van der Waals surface area contributed by atoms with Crippen molar-refractivity contribution in [3.63, 3.8) is 0 Å². The standard InChI is InChI=1S/C19H20ClN3O4/c20-12-3-6-17(18(8-12)23(25)26)19(24)21-13-9-14-4-5-15(10-13)22(14)11-16-2-1-7-27-16/h1-3,6-8,13-15H,4-5,9-11H2,(H,21,24)/t13?,14-,15+. The van der Waals surface area contributed by atoms with Gasteiger partial charge in [0.05, 0.1) is 17.7 Å². The Labute approximate surface area is 161 Å². The van der Waals surface area contributed by atoms with Gasteiger partial charge in [-0.3, -0.25) is 19.8 Å². The Balaban J connectivity index is 1.43. The predicted molar refractivity (Wildman–Crippen MR) is 99.7 cm³/mol. The van der Waals surface area contributed by atoms with Crippen LogP contribution in [0.4, 0.5) is 5.69 Å². The molecular weight excluding hydrogens is 370 g/mol. The van der Waals surface area contributed by atoms with E-state index in [0.717, 1.165) is 38.0 Å². The number of fused-ring (bicyclic) bond motifs is 2. The number of benzene rings is 1. The molecule has 1 aromatic carbocycles. The highest BCUT2D eigenvalue weighted by Crippen LogP contribution is 2.37. The van der Waals surface area contributed by atoms with Crippen molar-refractivity contribution in [3.05, 3.63) is 63.1 Å². The van der Waals surface area contributed by atoms with Gasteiger partial charge in [0.1, 0.15) is 11.3 Å². The molecule has 142 valence electrons. The molecule has 1 aromatic heterocycles. The molecule has 4 rings (SSSR count). The minimum Gasteiger partial charge on any atom is -0.468 e. The normalized spacial score (nSPS) is 24.7. The summed E-state index contributed by atoms with van der Waals surface area (Å²) >= 11 is 5.83. The summed E-state index contributed by atoms with van der Waals surface area (Å²) in [6.45, 7) is 0.783. The Morgan fingerprint density at radius 2 is 2.04 bits per heavy atom. The van der Waals surface area contributed by atoms with E-state index >= 15 is 0 Å². The minimum absolute atomic E-state index is 0.0122. The van der Waals surface area contributed by atoms with Crippen LogP contribution >= 0.6 is 11.6 Å². The topological polar surface area (TPSA) is 88.6 Å². The number of rotatable bonds is 5. The van der Waals surface area contributed by atoms with Crippen LogP contribution in [-0.2, 0) is 6.54 Å². The molecule has 0 aliphatic carbocycles. The number of hydrogen-bond donors (Lipinski definition) is 1. The van der Waals surface area contributed by atoms with Gasteiger partial charge in [-0.15, -0.1) is 0 Å². The molecule has 1 amide bonds. The number of nitrogens with one attached hydrogen (secondary N) is 1. The van der Waals surface area contributed by atoms with Gasteiger partial charge in [0.25, 0.3) is 11.6 Å². The van der Waals surface area contributed by atoms with Gasteiger partial charge >= 0.3 is 0 Å². The summed E-state index contributed by atoms with van der Waals surface area (Å²) in [4.78, 5) is 25.7. The summed E-state index contributed by atoms with van der Waals surface area (Å²) in [5.41, 5.74) is -0.215. The Kier molecular flexibility index (Phi) is 4.88. The number of furan rings is 1. The maximum absolute atomic E-state index is 12.6. The van der Waals surface area contributed by atoms with Gasteiger partial charge < -0.3 is 9.73 Å². The predicted octanol–water partition coefficient (Wildman–Crippen LogP) is 3.77. The van der Waals surface area contributed by atoms with Crippen molar-refractivity contribution in [2.24, 2.45) is 0 Å². The molecule has 1 N–H and O–H groups in total. The largest absolute Gasteiger partial charge is 0.468 e. The first-order valence-electron chi connectivity index (χ1n) is 9.04. The van der Waals surface area contributed by atoms with Crippen molar-refractivity contribution >= 4 is 23.2 Å². The van der Waals surface area contributed by atoms with E-state index in [2.05, 4.69) is 10.2 Å². The molecule has 0 radical (unpaired) electrons. The first-order chi connectivity index (χ1) is 13.0. The van der Waals surface area contributed by atoms with Crippen molar-refractivity contribution in [3.8, 4) is 0 Å². The summed E-state index contributed by atoms with van der Waals surface area (Å²) < 4.78 is 5.47. The average Bonchev–Trinajstić information content (AvgIpc) is 3.21. The molecule has 0 spiro atoms. The van der Waals surface area contributed by atoms with Crippen LogP contribution in [0, 0.1) is 10.1 Å². The number of amides is 1. The average molecular weight is 390 g/mol. The number of piperidine rings is 1. The van der Waals surface area contributed by atoms with Crippen molar-refractivity contribution in [2.45, 2.75) is 50.4 Å². The number of carbonyl (C=O) groups is 1. The fourth-order valence-electron chi connectivity index (χ4n) is 4.34. The molecule has 27 heavy (non-hydrogen) atoms. The Bertz CT molecular complexity index is 841. The second-order valence-corrected chi connectivity index (χ2v) is 7.63. The molecule has 2 fully saturated rings. The highest BCUT2D eigenvalue weighted by molar-refractivity contribution is 6.31. The van der Waals surface area contributed by atoms with E-state index < -0.39 is 10.8 Å². The smallest absolute Gasteiger partial charge is 0.283 e. The lowest BCUT2D eigenvalue weighted by atomic mass is 9.96. The van der Waals surface area contributed by atoms with Gasteiger partial charge in [0.2, 0.25) is 0 Å². The molecule has 0 saturated carbocycles. The maximum atomic E-state index is 12.6. The fraction of sp³-hybridized carbons (Fsp3) is 0.421.